The van der Waals surface area contributed by atoms with E-state index in [-0.39, 0.29) is 5.41 Å². The van der Waals surface area contributed by atoms with Gasteiger partial charge in [-0.2, -0.15) is 0 Å². The van der Waals surface area contributed by atoms with Crippen LogP contribution in [0, 0.1) is 0 Å². The van der Waals surface area contributed by atoms with Gasteiger partial charge in [0, 0.05) is 44.6 Å². The summed E-state index contributed by atoms with van der Waals surface area (Å²) in [6.07, 6.45) is 0. The first-order valence-electron chi connectivity index (χ1n) is 26.5. The van der Waals surface area contributed by atoms with Crippen molar-refractivity contribution in [2.75, 3.05) is 9.80 Å². The molecule has 0 amide bonds. The molecule has 12 rings (SSSR count). The molecule has 3 nitrogen and oxygen atoms in total. The molecular formula is C72H62N2O. The van der Waals surface area contributed by atoms with Gasteiger partial charge in [-0.25, -0.2) is 0 Å². The molecule has 0 saturated carbocycles. The van der Waals surface area contributed by atoms with Gasteiger partial charge in [-0.3, -0.25) is 0 Å². The lowest BCUT2D eigenvalue weighted by Crippen LogP contribution is -2.12. The van der Waals surface area contributed by atoms with Crippen LogP contribution in [0.5, 0.6) is 0 Å². The summed E-state index contributed by atoms with van der Waals surface area (Å²) < 4.78 is 6.89. The summed E-state index contributed by atoms with van der Waals surface area (Å²) in [5.41, 5.74) is 19.5. The van der Waals surface area contributed by atoms with Crippen molar-refractivity contribution in [3.05, 3.63) is 253 Å². The van der Waals surface area contributed by atoms with Gasteiger partial charge in [-0.05, 0) is 163 Å². The molecule has 0 saturated heterocycles. The molecule has 0 fully saturated rings. The summed E-state index contributed by atoms with van der Waals surface area (Å²) in [7, 11) is 0. The zero-order chi connectivity index (χ0) is 51.4. The number of nitrogens with zero attached hydrogens (tertiary/aromatic N) is 2. The van der Waals surface area contributed by atoms with E-state index in [1.807, 2.05) is 0 Å². The summed E-state index contributed by atoms with van der Waals surface area (Å²) in [5.74, 6) is 0.898. The third kappa shape index (κ3) is 9.14. The monoisotopic (exact) mass is 970 g/mol. The Morgan fingerprint density at radius 1 is 0.333 bits per heavy atom. The summed E-state index contributed by atoms with van der Waals surface area (Å²) in [6.45, 7) is 15.8. The first-order valence-corrected chi connectivity index (χ1v) is 26.5. The zero-order valence-electron chi connectivity index (χ0n) is 44.0. The van der Waals surface area contributed by atoms with E-state index in [0.29, 0.717) is 11.8 Å². The number of hydrogen-bond donors (Lipinski definition) is 0. The lowest BCUT2D eigenvalue weighted by Gasteiger charge is -2.28. The third-order valence-corrected chi connectivity index (χ3v) is 15.2. The zero-order valence-corrected chi connectivity index (χ0v) is 44.0. The molecule has 0 N–H and O–H groups in total. The first-order chi connectivity index (χ1) is 36.4. The van der Waals surface area contributed by atoms with E-state index in [1.165, 1.54) is 50.1 Å². The van der Waals surface area contributed by atoms with Gasteiger partial charge >= 0.3 is 0 Å². The molecule has 0 unspecified atom stereocenters. The standard InChI is InChI=1S/C72H62N2O/c1-47(2)49-21-23-53(24-22-49)64-17-11-13-19-68(64)74(61-37-29-52(30-38-61)51-15-9-8-10-16-51)63-40-32-56-44-67-66-43-55-31-39-62(41-57(55)45-70(66)75-71(67)46-58(56)42-63)73(60-35-27-50(28-36-60)48(3)4)69-20-14-12-18-65(69)54-25-33-59(34-26-54)72(5,6)7/h8-48H,1-7H3. The second-order valence-corrected chi connectivity index (χ2v) is 21.8. The third-order valence-electron chi connectivity index (χ3n) is 15.2. The molecule has 0 aliphatic rings. The van der Waals surface area contributed by atoms with Gasteiger partial charge in [-0.15, -0.1) is 0 Å². The molecular weight excluding hydrogens is 909 g/mol. The Labute approximate surface area is 442 Å². The van der Waals surface area contributed by atoms with Crippen LogP contribution in [0.3, 0.4) is 0 Å². The lowest BCUT2D eigenvalue weighted by atomic mass is 9.86. The minimum Gasteiger partial charge on any atom is -0.456 e. The Bertz CT molecular complexity index is 4010. The highest BCUT2D eigenvalue weighted by Gasteiger charge is 2.22. The molecule has 0 bridgehead atoms. The van der Waals surface area contributed by atoms with Crippen molar-refractivity contribution in [2.45, 2.75) is 65.7 Å². The number of rotatable bonds is 11. The molecule has 3 heteroatoms. The molecule has 366 valence electrons. The summed E-state index contributed by atoms with van der Waals surface area (Å²) >= 11 is 0. The maximum atomic E-state index is 6.89. The van der Waals surface area contributed by atoms with Crippen LogP contribution >= 0.6 is 0 Å². The number of para-hydroxylation sites is 2. The lowest BCUT2D eigenvalue weighted by molar-refractivity contribution is 0.590. The fourth-order valence-corrected chi connectivity index (χ4v) is 10.8. The fraction of sp³-hybridized carbons (Fsp3) is 0.139. The van der Waals surface area contributed by atoms with Gasteiger partial charge in [0.1, 0.15) is 11.2 Å². The summed E-state index contributed by atoms with van der Waals surface area (Å²) in [4.78, 5) is 4.81. The molecule has 11 aromatic carbocycles. The molecule has 75 heavy (non-hydrogen) atoms. The highest BCUT2D eigenvalue weighted by Crippen LogP contribution is 2.46. The van der Waals surface area contributed by atoms with Gasteiger partial charge in [0.05, 0.1) is 11.4 Å². The van der Waals surface area contributed by atoms with Crippen LogP contribution in [-0.2, 0) is 5.41 Å². The number of furan rings is 1. The molecule has 0 aliphatic heterocycles. The minimum atomic E-state index is 0.0729. The van der Waals surface area contributed by atoms with Crippen molar-refractivity contribution in [2.24, 2.45) is 0 Å². The van der Waals surface area contributed by atoms with Crippen LogP contribution in [0.15, 0.2) is 241 Å². The van der Waals surface area contributed by atoms with E-state index in [9.17, 15) is 0 Å². The predicted molar refractivity (Wildman–Crippen MR) is 321 cm³/mol. The molecule has 0 aliphatic carbocycles. The Hall–Kier alpha value is -8.66. The van der Waals surface area contributed by atoms with Crippen LogP contribution in [0.25, 0.3) is 76.9 Å². The minimum absolute atomic E-state index is 0.0729. The average Bonchev–Trinajstić information content (AvgIpc) is 3.78. The second-order valence-electron chi connectivity index (χ2n) is 21.8. The first kappa shape index (κ1) is 47.4. The van der Waals surface area contributed by atoms with Crippen molar-refractivity contribution in [1.29, 1.82) is 0 Å². The van der Waals surface area contributed by atoms with Gasteiger partial charge in [-0.1, -0.05) is 200 Å². The highest BCUT2D eigenvalue weighted by molar-refractivity contribution is 6.14. The topological polar surface area (TPSA) is 19.6 Å². The van der Waals surface area contributed by atoms with Crippen LogP contribution in [0.1, 0.15) is 77.0 Å². The van der Waals surface area contributed by atoms with Gasteiger partial charge in [0.15, 0.2) is 0 Å². The van der Waals surface area contributed by atoms with Crippen LogP contribution in [0.4, 0.5) is 34.1 Å². The molecule has 0 radical (unpaired) electrons. The van der Waals surface area contributed by atoms with Crippen molar-refractivity contribution in [1.82, 2.24) is 0 Å². The Morgan fingerprint density at radius 2 is 0.720 bits per heavy atom. The maximum Gasteiger partial charge on any atom is 0.136 e. The van der Waals surface area contributed by atoms with Crippen LogP contribution in [0.2, 0.25) is 0 Å². The Morgan fingerprint density at radius 3 is 1.19 bits per heavy atom. The van der Waals surface area contributed by atoms with Crippen LogP contribution < -0.4 is 9.80 Å². The normalized spacial score (nSPS) is 11.9. The largest absolute Gasteiger partial charge is 0.456 e. The van der Waals surface area contributed by atoms with E-state index in [0.717, 1.165) is 77.6 Å². The van der Waals surface area contributed by atoms with Crippen LogP contribution in [-0.4, -0.2) is 0 Å². The van der Waals surface area contributed by atoms with Gasteiger partial charge in [0.2, 0.25) is 0 Å². The molecule has 0 atom stereocenters. The molecule has 1 heterocycles. The van der Waals surface area contributed by atoms with E-state index in [1.54, 1.807) is 0 Å². The smallest absolute Gasteiger partial charge is 0.136 e. The molecule has 12 aromatic rings. The van der Waals surface area contributed by atoms with Crippen molar-refractivity contribution in [3.63, 3.8) is 0 Å². The van der Waals surface area contributed by atoms with Crippen molar-refractivity contribution < 1.29 is 4.42 Å². The van der Waals surface area contributed by atoms with Gasteiger partial charge in [0.25, 0.3) is 0 Å². The SMILES string of the molecule is CC(C)c1ccc(-c2ccccc2N(c2ccc(-c3ccccc3)cc2)c2ccc3cc4c(cc3c2)oc2cc3cc(N(c5ccc(C(C)C)cc5)c5ccccc5-c5ccc(C(C)(C)C)cc5)ccc3cc24)cc1. The number of anilines is 6. The summed E-state index contributed by atoms with van der Waals surface area (Å²) in [5, 5.41) is 6.77. The molecule has 1 aromatic heterocycles. The van der Waals surface area contributed by atoms with E-state index in [2.05, 4.69) is 295 Å². The number of fused-ring (bicyclic) bond motifs is 5. The highest BCUT2D eigenvalue weighted by atomic mass is 16.3. The van der Waals surface area contributed by atoms with Gasteiger partial charge < -0.3 is 14.2 Å². The average molecular weight is 971 g/mol. The number of hydrogen-bond acceptors (Lipinski definition) is 3. The quantitative estimate of drug-likeness (QED) is 0.129. The summed E-state index contributed by atoms with van der Waals surface area (Å²) in [6, 6.07) is 87.1. The predicted octanol–water partition coefficient (Wildman–Crippen LogP) is 21.4. The van der Waals surface area contributed by atoms with E-state index < -0.39 is 0 Å². The Balaban J connectivity index is 0.955. The van der Waals surface area contributed by atoms with Crippen molar-refractivity contribution >= 4 is 77.6 Å². The van der Waals surface area contributed by atoms with Crippen molar-refractivity contribution in [3.8, 4) is 33.4 Å². The Kier molecular flexibility index (Phi) is 12.2. The maximum absolute atomic E-state index is 6.89. The fourth-order valence-electron chi connectivity index (χ4n) is 10.8. The van der Waals surface area contributed by atoms with E-state index in [4.69, 9.17) is 4.42 Å². The second kappa shape index (κ2) is 19.3. The number of benzene rings is 11. The van der Waals surface area contributed by atoms with E-state index >= 15 is 0 Å². The molecule has 0 spiro atoms.